The molecule has 0 atom stereocenters. The predicted molar refractivity (Wildman–Crippen MR) is 34.5 cm³/mol. The third-order valence-electron chi connectivity index (χ3n) is 0.988. The first kappa shape index (κ1) is 6.47. The number of oxime groups is 1. The van der Waals surface area contributed by atoms with Crippen molar-refractivity contribution in [3.05, 3.63) is 24.0 Å². The van der Waals surface area contributed by atoms with Gasteiger partial charge in [0.1, 0.15) is 0 Å². The Kier molecular flexibility index (Phi) is 1.79. The van der Waals surface area contributed by atoms with Crippen molar-refractivity contribution in [2.45, 2.75) is 0 Å². The molecule has 0 aliphatic rings. The van der Waals surface area contributed by atoms with E-state index in [4.69, 9.17) is 10.9 Å². The molecule has 0 aliphatic carbocycles. The summed E-state index contributed by atoms with van der Waals surface area (Å²) in [4.78, 5) is 0. The zero-order valence-corrected chi connectivity index (χ0v) is 5.10. The molecule has 0 fully saturated rings. The summed E-state index contributed by atoms with van der Waals surface area (Å²) in [7, 11) is 0. The third-order valence-corrected chi connectivity index (χ3v) is 0.988. The van der Waals surface area contributed by atoms with Crippen molar-refractivity contribution < 1.29 is 5.21 Å². The molecule has 0 spiro atoms. The maximum Gasteiger partial charge on any atom is 0.171 e. The Labute approximate surface area is 57.2 Å². The third kappa shape index (κ3) is 1.19. The van der Waals surface area contributed by atoms with Crippen LogP contribution in [0, 0.1) is 0 Å². The molecular weight excluding hydrogens is 132 g/mol. The first-order valence-electron chi connectivity index (χ1n) is 2.59. The van der Waals surface area contributed by atoms with Gasteiger partial charge in [0.15, 0.2) is 5.84 Å². The van der Waals surface area contributed by atoms with Crippen molar-refractivity contribution in [2.24, 2.45) is 10.9 Å². The average Bonchev–Trinajstić information content (AvgIpc) is 2.05. The molecular formula is C5H6N4O. The maximum atomic E-state index is 8.20. The summed E-state index contributed by atoms with van der Waals surface area (Å²) >= 11 is 0. The van der Waals surface area contributed by atoms with Gasteiger partial charge < -0.3 is 10.9 Å². The molecule has 1 rings (SSSR count). The second kappa shape index (κ2) is 2.77. The molecule has 0 amide bonds. The summed E-state index contributed by atoms with van der Waals surface area (Å²) in [5.41, 5.74) is 5.78. The molecule has 0 radical (unpaired) electrons. The molecule has 1 aromatic heterocycles. The first-order chi connectivity index (χ1) is 4.84. The van der Waals surface area contributed by atoms with E-state index in [1.165, 1.54) is 12.4 Å². The normalized spacial score (nSPS) is 11.4. The van der Waals surface area contributed by atoms with Gasteiger partial charge in [0.25, 0.3) is 0 Å². The van der Waals surface area contributed by atoms with Crippen LogP contribution in [0.15, 0.2) is 23.6 Å². The largest absolute Gasteiger partial charge is 0.409 e. The molecule has 0 aromatic carbocycles. The predicted octanol–water partition coefficient (Wildman–Crippen LogP) is -0.429. The number of amidine groups is 1. The van der Waals surface area contributed by atoms with Crippen LogP contribution in [0.4, 0.5) is 0 Å². The molecule has 3 N–H and O–H groups in total. The minimum Gasteiger partial charge on any atom is -0.409 e. The van der Waals surface area contributed by atoms with E-state index in [9.17, 15) is 0 Å². The lowest BCUT2D eigenvalue weighted by molar-refractivity contribution is 0.318. The van der Waals surface area contributed by atoms with Gasteiger partial charge in [-0.05, 0) is 6.07 Å². The van der Waals surface area contributed by atoms with Gasteiger partial charge in [-0.1, -0.05) is 5.16 Å². The monoisotopic (exact) mass is 138 g/mol. The number of rotatable bonds is 1. The number of nitrogens with zero attached hydrogens (tertiary/aromatic N) is 3. The number of aromatic nitrogens is 2. The lowest BCUT2D eigenvalue weighted by Crippen LogP contribution is -2.13. The molecule has 5 nitrogen and oxygen atoms in total. The molecule has 0 aliphatic heterocycles. The van der Waals surface area contributed by atoms with Crippen LogP contribution in [-0.4, -0.2) is 21.2 Å². The molecule has 0 bridgehead atoms. The SMILES string of the molecule is N/C(=N\O)c1ccnnc1. The van der Waals surface area contributed by atoms with Gasteiger partial charge in [0.05, 0.1) is 12.4 Å². The van der Waals surface area contributed by atoms with Crippen LogP contribution < -0.4 is 5.73 Å². The van der Waals surface area contributed by atoms with E-state index in [1.807, 2.05) is 0 Å². The van der Waals surface area contributed by atoms with Gasteiger partial charge >= 0.3 is 0 Å². The maximum absolute atomic E-state index is 8.20. The highest BCUT2D eigenvalue weighted by Crippen LogP contribution is 1.90. The first-order valence-corrected chi connectivity index (χ1v) is 2.59. The quantitative estimate of drug-likeness (QED) is 0.239. The van der Waals surface area contributed by atoms with Crippen LogP contribution in [0.5, 0.6) is 0 Å². The molecule has 52 valence electrons. The Morgan fingerprint density at radius 2 is 2.40 bits per heavy atom. The average molecular weight is 138 g/mol. The summed E-state index contributed by atoms with van der Waals surface area (Å²) < 4.78 is 0. The molecule has 5 heteroatoms. The van der Waals surface area contributed by atoms with E-state index in [0.29, 0.717) is 5.56 Å². The second-order valence-corrected chi connectivity index (χ2v) is 1.62. The zero-order valence-electron chi connectivity index (χ0n) is 5.10. The molecule has 1 aromatic rings. The lowest BCUT2D eigenvalue weighted by atomic mass is 10.3. The minimum atomic E-state index is 0.0369. The lowest BCUT2D eigenvalue weighted by Gasteiger charge is -1.92. The molecule has 0 unspecified atom stereocenters. The van der Waals surface area contributed by atoms with Crippen LogP contribution >= 0.6 is 0 Å². The molecule has 1 heterocycles. The van der Waals surface area contributed by atoms with Crippen molar-refractivity contribution in [1.82, 2.24) is 10.2 Å². The summed E-state index contributed by atoms with van der Waals surface area (Å²) in [5, 5.41) is 18.0. The summed E-state index contributed by atoms with van der Waals surface area (Å²) in [6, 6.07) is 1.60. The Balaban J connectivity index is 2.96. The molecule has 0 saturated heterocycles. The van der Waals surface area contributed by atoms with Crippen molar-refractivity contribution in [3.8, 4) is 0 Å². The summed E-state index contributed by atoms with van der Waals surface area (Å²) in [6.45, 7) is 0. The van der Waals surface area contributed by atoms with Crippen LogP contribution in [0.1, 0.15) is 5.56 Å². The molecule has 0 saturated carbocycles. The topological polar surface area (TPSA) is 84.4 Å². The van der Waals surface area contributed by atoms with Gasteiger partial charge in [-0.15, -0.1) is 0 Å². The van der Waals surface area contributed by atoms with E-state index < -0.39 is 0 Å². The van der Waals surface area contributed by atoms with Crippen LogP contribution in [0.3, 0.4) is 0 Å². The van der Waals surface area contributed by atoms with Crippen molar-refractivity contribution in [3.63, 3.8) is 0 Å². The zero-order chi connectivity index (χ0) is 7.40. The van der Waals surface area contributed by atoms with Crippen molar-refractivity contribution in [2.75, 3.05) is 0 Å². The van der Waals surface area contributed by atoms with Crippen molar-refractivity contribution >= 4 is 5.84 Å². The fourth-order valence-corrected chi connectivity index (χ4v) is 0.500. The molecule has 10 heavy (non-hydrogen) atoms. The second-order valence-electron chi connectivity index (χ2n) is 1.62. The number of hydrogen-bond acceptors (Lipinski definition) is 4. The Hall–Kier alpha value is -1.65. The van der Waals surface area contributed by atoms with Gasteiger partial charge in [0, 0.05) is 5.56 Å². The van der Waals surface area contributed by atoms with E-state index in [-0.39, 0.29) is 5.84 Å². The van der Waals surface area contributed by atoms with Crippen LogP contribution in [0.2, 0.25) is 0 Å². The Bertz CT molecular complexity index is 233. The highest BCUT2D eigenvalue weighted by Gasteiger charge is 1.95. The van der Waals surface area contributed by atoms with E-state index in [1.54, 1.807) is 6.07 Å². The van der Waals surface area contributed by atoms with Gasteiger partial charge in [-0.25, -0.2) is 0 Å². The Morgan fingerprint density at radius 3 is 2.90 bits per heavy atom. The van der Waals surface area contributed by atoms with Crippen LogP contribution in [0.25, 0.3) is 0 Å². The fraction of sp³-hybridized carbons (Fsp3) is 0. The van der Waals surface area contributed by atoms with Gasteiger partial charge in [0.2, 0.25) is 0 Å². The number of nitrogens with two attached hydrogens (primary N) is 1. The van der Waals surface area contributed by atoms with E-state index in [0.717, 1.165) is 0 Å². The Morgan fingerprint density at radius 1 is 1.60 bits per heavy atom. The minimum absolute atomic E-state index is 0.0369. The highest BCUT2D eigenvalue weighted by molar-refractivity contribution is 5.96. The van der Waals surface area contributed by atoms with Crippen LogP contribution in [-0.2, 0) is 0 Å². The smallest absolute Gasteiger partial charge is 0.171 e. The van der Waals surface area contributed by atoms with E-state index >= 15 is 0 Å². The fourth-order valence-electron chi connectivity index (χ4n) is 0.500. The number of hydrogen-bond donors (Lipinski definition) is 2. The summed E-state index contributed by atoms with van der Waals surface area (Å²) in [5.74, 6) is 0.0369. The van der Waals surface area contributed by atoms with Gasteiger partial charge in [-0.2, -0.15) is 10.2 Å². The standard InChI is InChI=1S/C5H6N4O/c6-5(9-10)4-1-2-7-8-3-4/h1-3,10H,(H2,6,9). The van der Waals surface area contributed by atoms with E-state index in [2.05, 4.69) is 15.4 Å². The van der Waals surface area contributed by atoms with Crippen molar-refractivity contribution in [1.29, 1.82) is 0 Å². The summed E-state index contributed by atoms with van der Waals surface area (Å²) in [6.07, 6.45) is 2.88. The highest BCUT2D eigenvalue weighted by atomic mass is 16.4. The van der Waals surface area contributed by atoms with Gasteiger partial charge in [-0.3, -0.25) is 0 Å².